The molecule has 0 fully saturated rings. The molecule has 0 radical (unpaired) electrons. The molecule has 0 aromatic heterocycles. The van der Waals surface area contributed by atoms with Crippen molar-refractivity contribution < 1.29 is 59.4 Å². The Balaban J connectivity index is 8.59. The van der Waals surface area contributed by atoms with Crippen LogP contribution in [0.5, 0.6) is 0 Å². The smallest absolute Gasteiger partial charge is 0.220 e. The molecule has 4 atom stereocenters. The summed E-state index contributed by atoms with van der Waals surface area (Å²) in [6, 6.07) is 0. The summed E-state index contributed by atoms with van der Waals surface area (Å²) in [5.41, 5.74) is -20.5. The average Bonchev–Trinajstić information content (AvgIpc) is 2.85. The number of hydrogen-bond donors (Lipinski definition) is 6. The van der Waals surface area contributed by atoms with Gasteiger partial charge >= 0.3 is 0 Å². The molecule has 0 amide bonds. The van der Waals surface area contributed by atoms with Crippen molar-refractivity contribution in [3.63, 3.8) is 0 Å². The lowest BCUT2D eigenvalue weighted by Gasteiger charge is -2.57. The molecule has 0 aromatic rings. The van der Waals surface area contributed by atoms with Gasteiger partial charge < -0.3 is 30.6 Å². The minimum Gasteiger partial charge on any atom is -0.393 e. The van der Waals surface area contributed by atoms with Crippen LogP contribution in [0.3, 0.4) is 0 Å². The third kappa shape index (κ3) is 5.05. The number of carbonyl (C=O) groups excluding carboxylic acids is 6. The van der Waals surface area contributed by atoms with Crippen molar-refractivity contribution in [1.82, 2.24) is 0 Å². The summed E-state index contributed by atoms with van der Waals surface area (Å²) in [5.74, 6) is -9.83. The lowest BCUT2D eigenvalue weighted by Crippen LogP contribution is -2.90. The molecular weight excluding hydrogens is 504 g/mol. The van der Waals surface area contributed by atoms with Crippen LogP contribution in [0.1, 0.15) is 92.9 Å². The number of carbonyl (C=O) groups is 6. The molecule has 12 nitrogen and oxygen atoms in total. The molecule has 0 aliphatic carbocycles. The number of aliphatic hydroxyl groups excluding tert-OH is 1. The van der Waals surface area contributed by atoms with Gasteiger partial charge in [-0.05, 0) is 39.5 Å². The van der Waals surface area contributed by atoms with E-state index in [1.807, 2.05) is 0 Å². The van der Waals surface area contributed by atoms with E-state index in [2.05, 4.69) is 0 Å². The predicted molar refractivity (Wildman–Crippen MR) is 133 cm³/mol. The van der Waals surface area contributed by atoms with Gasteiger partial charge in [0.15, 0.2) is 40.3 Å². The molecule has 0 bridgehead atoms. The number of hydrogen-bond acceptors (Lipinski definition) is 12. The van der Waals surface area contributed by atoms with Crippen molar-refractivity contribution in [1.29, 1.82) is 0 Å². The summed E-state index contributed by atoms with van der Waals surface area (Å²) in [5, 5.41) is 69.2. The maximum atomic E-state index is 13.7. The van der Waals surface area contributed by atoms with E-state index in [-0.39, 0.29) is 25.7 Å². The van der Waals surface area contributed by atoms with Gasteiger partial charge in [0.1, 0.15) is 0 Å². The molecular formula is C26H42O12. The SMILES string of the molecule is CCCC(=O)[C@](O)([C@@](O)(C(=O)CCC)[C@](O)(C(=O)CCC)C(O)(C(C)=O)C(C)=O)[C@](O)(CO)C(=O)CCC. The van der Waals surface area contributed by atoms with Gasteiger partial charge in [-0.25, -0.2) is 0 Å². The van der Waals surface area contributed by atoms with Crippen LogP contribution in [0.15, 0.2) is 0 Å². The van der Waals surface area contributed by atoms with Crippen molar-refractivity contribution >= 4 is 34.7 Å². The van der Waals surface area contributed by atoms with Crippen LogP contribution in [-0.4, -0.2) is 100.0 Å². The monoisotopic (exact) mass is 546 g/mol. The van der Waals surface area contributed by atoms with E-state index in [0.717, 1.165) is 0 Å². The van der Waals surface area contributed by atoms with Crippen molar-refractivity contribution in [2.75, 3.05) is 6.61 Å². The Morgan fingerprint density at radius 3 is 1.08 bits per heavy atom. The zero-order chi connectivity index (χ0) is 30.3. The Hall–Kier alpha value is -2.22. The second-order valence-electron chi connectivity index (χ2n) is 9.67. The Labute approximate surface area is 222 Å². The van der Waals surface area contributed by atoms with E-state index in [0.29, 0.717) is 13.8 Å². The Morgan fingerprint density at radius 1 is 0.500 bits per heavy atom. The topological polar surface area (TPSA) is 224 Å². The summed E-state index contributed by atoms with van der Waals surface area (Å²) >= 11 is 0. The van der Waals surface area contributed by atoms with Gasteiger partial charge in [-0.3, -0.25) is 28.8 Å². The van der Waals surface area contributed by atoms with Gasteiger partial charge in [0.05, 0.1) is 6.61 Å². The molecule has 12 heteroatoms. The molecule has 0 aliphatic heterocycles. The second kappa shape index (κ2) is 13.2. The normalized spacial score (nSPS) is 18.3. The van der Waals surface area contributed by atoms with E-state index < -0.39 is 95.0 Å². The molecule has 0 saturated carbocycles. The van der Waals surface area contributed by atoms with Gasteiger partial charge in [0.2, 0.25) is 22.4 Å². The second-order valence-corrected chi connectivity index (χ2v) is 9.67. The first kappa shape index (κ1) is 35.8. The van der Waals surface area contributed by atoms with Crippen molar-refractivity contribution in [2.45, 2.75) is 121 Å². The molecule has 0 aromatic carbocycles. The molecule has 0 unspecified atom stereocenters. The highest BCUT2D eigenvalue weighted by Crippen LogP contribution is 2.49. The third-order valence-corrected chi connectivity index (χ3v) is 7.00. The van der Waals surface area contributed by atoms with Gasteiger partial charge in [0.25, 0.3) is 0 Å². The lowest BCUT2D eigenvalue weighted by atomic mass is 9.52. The first-order valence-corrected chi connectivity index (χ1v) is 12.8. The first-order chi connectivity index (χ1) is 17.4. The zero-order valence-corrected chi connectivity index (χ0v) is 23.0. The summed E-state index contributed by atoms with van der Waals surface area (Å²) in [4.78, 5) is 79.3. The van der Waals surface area contributed by atoms with Crippen LogP contribution in [0.2, 0.25) is 0 Å². The van der Waals surface area contributed by atoms with Crippen molar-refractivity contribution in [3.8, 4) is 0 Å². The minimum absolute atomic E-state index is 0.00953. The van der Waals surface area contributed by atoms with Gasteiger partial charge in [-0.2, -0.15) is 0 Å². The van der Waals surface area contributed by atoms with E-state index in [1.165, 1.54) is 27.7 Å². The zero-order valence-electron chi connectivity index (χ0n) is 23.0. The number of Topliss-reactive ketones (excluding diaryl/α,β-unsaturated/α-hetero) is 6. The maximum Gasteiger partial charge on any atom is 0.220 e. The van der Waals surface area contributed by atoms with Crippen LogP contribution in [0.25, 0.3) is 0 Å². The number of aliphatic hydroxyl groups is 6. The molecule has 6 N–H and O–H groups in total. The highest BCUT2D eigenvalue weighted by atomic mass is 16.5. The van der Waals surface area contributed by atoms with Crippen molar-refractivity contribution in [3.05, 3.63) is 0 Å². The van der Waals surface area contributed by atoms with Gasteiger partial charge in [0, 0.05) is 25.7 Å². The van der Waals surface area contributed by atoms with Crippen molar-refractivity contribution in [2.24, 2.45) is 0 Å². The van der Waals surface area contributed by atoms with E-state index >= 15 is 0 Å². The quantitative estimate of drug-likeness (QED) is 0.111. The highest BCUT2D eigenvalue weighted by molar-refractivity contribution is 6.19. The summed E-state index contributed by atoms with van der Waals surface area (Å²) in [6.45, 7) is 4.99. The van der Waals surface area contributed by atoms with Gasteiger partial charge in [-0.1, -0.05) is 27.7 Å². The number of rotatable bonds is 19. The molecule has 0 rings (SSSR count). The maximum absolute atomic E-state index is 13.7. The number of ketones is 6. The fourth-order valence-electron chi connectivity index (χ4n) is 4.88. The lowest BCUT2D eigenvalue weighted by molar-refractivity contribution is -0.291. The van der Waals surface area contributed by atoms with Crippen LogP contribution in [0, 0.1) is 0 Å². The van der Waals surface area contributed by atoms with Crippen LogP contribution >= 0.6 is 0 Å². The molecule has 218 valence electrons. The summed E-state index contributed by atoms with van der Waals surface area (Å²) in [6.07, 6.45) is -3.41. The minimum atomic E-state index is -4.37. The van der Waals surface area contributed by atoms with Crippen LogP contribution in [-0.2, 0) is 28.8 Å². The van der Waals surface area contributed by atoms with Crippen LogP contribution in [0.4, 0.5) is 0 Å². The fourth-order valence-corrected chi connectivity index (χ4v) is 4.88. The predicted octanol–water partition coefficient (Wildman–Crippen LogP) is -0.711. The molecule has 0 heterocycles. The molecule has 38 heavy (non-hydrogen) atoms. The molecule has 0 aliphatic rings. The van der Waals surface area contributed by atoms with E-state index in [9.17, 15) is 59.4 Å². The Kier molecular flexibility index (Phi) is 12.5. The highest BCUT2D eigenvalue weighted by Gasteiger charge is 2.83. The van der Waals surface area contributed by atoms with E-state index in [4.69, 9.17) is 0 Å². The summed E-state index contributed by atoms with van der Waals surface area (Å²) < 4.78 is 0. The standard InChI is InChI=1S/C26H42O12/c1-7-11-18(30)22(34,15-27)24(36,19(31)12-8-2)26(38,21(33)14-10-4)25(37,20(32)13-9-3)23(35,16(5)28)17(6)29/h27,34-38H,7-15H2,1-6H3/t22-,24+,25-,26-/m0/s1. The molecule has 0 spiro atoms. The van der Waals surface area contributed by atoms with Gasteiger partial charge in [-0.15, -0.1) is 0 Å². The molecule has 0 saturated heterocycles. The summed E-state index contributed by atoms with van der Waals surface area (Å²) in [7, 11) is 0. The Bertz CT molecular complexity index is 929. The van der Waals surface area contributed by atoms with Crippen LogP contribution < -0.4 is 0 Å². The van der Waals surface area contributed by atoms with E-state index in [1.54, 1.807) is 0 Å². The fraction of sp³-hybridized carbons (Fsp3) is 0.769. The Morgan fingerprint density at radius 2 is 0.789 bits per heavy atom. The largest absolute Gasteiger partial charge is 0.393 e. The first-order valence-electron chi connectivity index (χ1n) is 12.8. The third-order valence-electron chi connectivity index (χ3n) is 7.00. The average molecular weight is 547 g/mol.